The van der Waals surface area contributed by atoms with Crippen LogP contribution in [0.15, 0.2) is 24.3 Å². The van der Waals surface area contributed by atoms with Crippen LogP contribution < -0.4 is 19.5 Å². The van der Waals surface area contributed by atoms with Crippen LogP contribution in [-0.2, 0) is 0 Å². The van der Waals surface area contributed by atoms with E-state index < -0.39 is 0 Å². The molecule has 1 heteroatoms. The zero-order chi connectivity index (χ0) is 11.6. The van der Waals surface area contributed by atoms with Gasteiger partial charge in [0.1, 0.15) is 0 Å². The minimum Gasteiger partial charge on any atom is -0.135 e. The minimum absolute atomic E-state index is 0.996. The molecule has 15 heavy (non-hydrogen) atoms. The van der Waals surface area contributed by atoms with Crippen molar-refractivity contribution in [1.29, 1.82) is 0 Å². The van der Waals surface area contributed by atoms with Crippen LogP contribution in [0.4, 0.5) is 0 Å². The summed E-state index contributed by atoms with van der Waals surface area (Å²) in [6.45, 7) is 19.7. The monoisotopic (exact) mass is 216 g/mol. The second-order valence-electron chi connectivity index (χ2n) is 3.77. The van der Waals surface area contributed by atoms with Crippen LogP contribution in [0.5, 0.6) is 0 Å². The summed E-state index contributed by atoms with van der Waals surface area (Å²) in [7, 11) is 0. The van der Waals surface area contributed by atoms with E-state index in [-0.39, 0.29) is 0 Å². The number of hydrogen-bond acceptors (Lipinski definition) is 1. The molecule has 0 aliphatic heterocycles. The Morgan fingerprint density at radius 1 is 0.933 bits per heavy atom. The summed E-state index contributed by atoms with van der Waals surface area (Å²) in [5.74, 6) is 0. The maximum atomic E-state index is 4.03. The highest BCUT2D eigenvalue weighted by Crippen LogP contribution is 1.88. The van der Waals surface area contributed by atoms with Gasteiger partial charge >= 0.3 is 0 Å². The van der Waals surface area contributed by atoms with Crippen molar-refractivity contribution in [2.75, 3.05) is 0 Å². The van der Waals surface area contributed by atoms with E-state index in [4.69, 9.17) is 0 Å². The average Bonchev–Trinajstić information content (AvgIpc) is 2.32. The molecule has 0 saturated carbocycles. The molecule has 0 amide bonds. The van der Waals surface area contributed by atoms with E-state index >= 15 is 0 Å². The first kappa shape index (κ1) is 11.7. The van der Waals surface area contributed by atoms with E-state index in [0.29, 0.717) is 0 Å². The van der Waals surface area contributed by atoms with Crippen LogP contribution in [0.1, 0.15) is 13.8 Å². The SMILES string of the molecule is C=C(C)/C=c1/s/c(=C/C(=C)C)c(=C)c1=C. The van der Waals surface area contributed by atoms with Crippen LogP contribution in [0.2, 0.25) is 0 Å². The van der Waals surface area contributed by atoms with Crippen molar-refractivity contribution in [3.63, 3.8) is 0 Å². The van der Waals surface area contributed by atoms with Crippen molar-refractivity contribution in [1.82, 2.24) is 0 Å². The number of hydrogen-bond donors (Lipinski definition) is 0. The molecule has 0 bridgehead atoms. The second-order valence-corrected chi connectivity index (χ2v) is 4.85. The van der Waals surface area contributed by atoms with E-state index in [9.17, 15) is 0 Å². The van der Waals surface area contributed by atoms with Gasteiger partial charge in [0.25, 0.3) is 0 Å². The first-order valence-corrected chi connectivity index (χ1v) is 5.54. The Labute approximate surface area is 94.6 Å². The van der Waals surface area contributed by atoms with Crippen molar-refractivity contribution in [3.8, 4) is 0 Å². The van der Waals surface area contributed by atoms with Gasteiger partial charge in [0.05, 0.1) is 0 Å². The molecule has 1 aromatic rings. The molecule has 0 atom stereocenters. The van der Waals surface area contributed by atoms with Crippen molar-refractivity contribution in [2.45, 2.75) is 13.8 Å². The highest BCUT2D eigenvalue weighted by atomic mass is 32.1. The van der Waals surface area contributed by atoms with E-state index in [1.807, 2.05) is 26.0 Å². The lowest BCUT2D eigenvalue weighted by Gasteiger charge is -1.81. The number of thiophene rings is 1. The summed E-state index contributed by atoms with van der Waals surface area (Å²) in [4.78, 5) is 0. The Kier molecular flexibility index (Phi) is 3.48. The van der Waals surface area contributed by atoms with Gasteiger partial charge in [0, 0.05) is 9.06 Å². The van der Waals surface area contributed by atoms with Gasteiger partial charge in [-0.15, -0.1) is 11.3 Å². The molecule has 78 valence electrons. The fourth-order valence-corrected chi connectivity index (χ4v) is 2.47. The zero-order valence-electron chi connectivity index (χ0n) is 9.39. The van der Waals surface area contributed by atoms with E-state index in [1.165, 1.54) is 0 Å². The maximum absolute atomic E-state index is 4.03. The Morgan fingerprint density at radius 2 is 1.27 bits per heavy atom. The predicted octanol–water partition coefficient (Wildman–Crippen LogP) is 1.28. The molecular weight excluding hydrogens is 200 g/mol. The third-order valence-corrected chi connectivity index (χ3v) is 3.10. The van der Waals surface area contributed by atoms with Crippen LogP contribution >= 0.6 is 11.3 Å². The molecule has 1 heterocycles. The fraction of sp³-hybridized carbons (Fsp3) is 0.143. The third-order valence-electron chi connectivity index (χ3n) is 1.93. The van der Waals surface area contributed by atoms with Crippen molar-refractivity contribution >= 4 is 36.6 Å². The van der Waals surface area contributed by atoms with Crippen molar-refractivity contribution in [2.24, 2.45) is 0 Å². The molecule has 0 fully saturated rings. The highest BCUT2D eigenvalue weighted by Gasteiger charge is 1.92. The standard InChI is InChI=1S/C14H16S/c1-9(2)7-13-11(5)12(6)14(15-13)8-10(3)4/h7-8H,1,3,5-6H2,2,4H3/b13-7+,14-8+. The molecular formula is C14H16S. The summed E-state index contributed by atoms with van der Waals surface area (Å²) >= 11 is 1.68. The van der Waals surface area contributed by atoms with Crippen LogP contribution in [0.25, 0.3) is 25.3 Å². The first-order chi connectivity index (χ1) is 6.91. The topological polar surface area (TPSA) is 0 Å². The number of allylic oxidation sites excluding steroid dienone is 2. The summed E-state index contributed by atoms with van der Waals surface area (Å²) in [6.07, 6.45) is 4.08. The molecule has 0 unspecified atom stereocenters. The van der Waals surface area contributed by atoms with Gasteiger partial charge in [-0.2, -0.15) is 0 Å². The summed E-state index contributed by atoms with van der Waals surface area (Å²) in [5, 5.41) is 1.99. The summed E-state index contributed by atoms with van der Waals surface area (Å²) < 4.78 is 2.28. The van der Waals surface area contributed by atoms with Gasteiger partial charge in [0.15, 0.2) is 0 Å². The lowest BCUT2D eigenvalue weighted by atomic mass is 10.3. The predicted molar refractivity (Wildman–Crippen MR) is 72.4 cm³/mol. The van der Waals surface area contributed by atoms with Crippen molar-refractivity contribution in [3.05, 3.63) is 43.8 Å². The van der Waals surface area contributed by atoms with Crippen LogP contribution in [0.3, 0.4) is 0 Å². The molecule has 0 saturated heterocycles. The van der Waals surface area contributed by atoms with Gasteiger partial charge in [-0.05, 0) is 36.4 Å². The lowest BCUT2D eigenvalue weighted by molar-refractivity contribution is 1.56. The normalized spacial score (nSPS) is 13.2. The quantitative estimate of drug-likeness (QED) is 0.699. The smallest absolute Gasteiger partial charge is 0.0351 e. The molecule has 0 N–H and O–H groups in total. The Hall–Kier alpha value is -1.34. The Morgan fingerprint density at radius 3 is 1.53 bits per heavy atom. The molecule has 0 aliphatic carbocycles. The fourth-order valence-electron chi connectivity index (χ4n) is 1.22. The largest absolute Gasteiger partial charge is 0.135 e. The summed E-state index contributed by atoms with van der Waals surface area (Å²) in [5.41, 5.74) is 2.06. The third kappa shape index (κ3) is 2.80. The van der Waals surface area contributed by atoms with Gasteiger partial charge in [-0.25, -0.2) is 0 Å². The lowest BCUT2D eigenvalue weighted by Crippen LogP contribution is -2.34. The second kappa shape index (κ2) is 4.45. The molecule has 1 rings (SSSR count). The van der Waals surface area contributed by atoms with E-state index in [0.717, 1.165) is 30.6 Å². The Bertz CT molecular complexity index is 557. The van der Waals surface area contributed by atoms with Gasteiger partial charge in [-0.1, -0.05) is 37.5 Å². The first-order valence-electron chi connectivity index (χ1n) is 4.73. The zero-order valence-corrected chi connectivity index (χ0v) is 10.2. The molecule has 0 nitrogen and oxygen atoms in total. The Balaban J connectivity index is 3.66. The molecule has 1 aromatic heterocycles. The van der Waals surface area contributed by atoms with Crippen molar-refractivity contribution < 1.29 is 0 Å². The summed E-state index contributed by atoms with van der Waals surface area (Å²) in [6, 6.07) is 0. The van der Waals surface area contributed by atoms with Crippen LogP contribution in [-0.4, -0.2) is 0 Å². The average molecular weight is 216 g/mol. The van der Waals surface area contributed by atoms with Gasteiger partial charge in [0.2, 0.25) is 0 Å². The number of rotatable bonds is 2. The van der Waals surface area contributed by atoms with E-state index in [1.54, 1.807) is 11.3 Å². The molecule has 0 aliphatic rings. The minimum atomic E-state index is 0.996. The van der Waals surface area contributed by atoms with E-state index in [2.05, 4.69) is 26.3 Å². The van der Waals surface area contributed by atoms with Gasteiger partial charge < -0.3 is 0 Å². The van der Waals surface area contributed by atoms with Crippen LogP contribution in [0, 0.1) is 0 Å². The molecule has 0 radical (unpaired) electrons. The molecule has 0 aromatic carbocycles. The highest BCUT2D eigenvalue weighted by molar-refractivity contribution is 7.07. The maximum Gasteiger partial charge on any atom is 0.0351 e. The van der Waals surface area contributed by atoms with Gasteiger partial charge in [-0.3, -0.25) is 0 Å². The molecule has 0 spiro atoms.